The third kappa shape index (κ3) is 4.47. The van der Waals surface area contributed by atoms with Crippen molar-refractivity contribution in [2.75, 3.05) is 20.8 Å². The van der Waals surface area contributed by atoms with Crippen LogP contribution in [0.1, 0.15) is 22.8 Å². The maximum Gasteiger partial charge on any atom is 0.342 e. The average Bonchev–Trinajstić information content (AvgIpc) is 2.66. The first-order chi connectivity index (χ1) is 12.1. The van der Waals surface area contributed by atoms with Gasteiger partial charge in [0.2, 0.25) is 0 Å². The van der Waals surface area contributed by atoms with Crippen LogP contribution in [0.4, 0.5) is 0 Å². The molecule has 0 bridgehead atoms. The largest absolute Gasteiger partial charge is 0.493 e. The second kappa shape index (κ2) is 8.68. The van der Waals surface area contributed by atoms with E-state index in [0.717, 1.165) is 0 Å². The molecule has 0 aliphatic carbocycles. The van der Waals surface area contributed by atoms with Crippen LogP contribution in [0.25, 0.3) is 6.08 Å². The monoisotopic (exact) mass is 340 g/mol. The number of rotatable bonds is 7. The van der Waals surface area contributed by atoms with E-state index in [1.807, 2.05) is 0 Å². The van der Waals surface area contributed by atoms with Crippen LogP contribution in [0.5, 0.6) is 11.5 Å². The summed E-state index contributed by atoms with van der Waals surface area (Å²) in [6.45, 7) is 1.88. The number of ketones is 1. The molecule has 5 nitrogen and oxygen atoms in total. The van der Waals surface area contributed by atoms with Gasteiger partial charge in [-0.15, -0.1) is 0 Å². The van der Waals surface area contributed by atoms with Crippen LogP contribution in [0.3, 0.4) is 0 Å². The maximum atomic E-state index is 12.7. The highest BCUT2D eigenvalue weighted by Gasteiger charge is 2.21. The van der Waals surface area contributed by atoms with Crippen LogP contribution in [0.2, 0.25) is 0 Å². The van der Waals surface area contributed by atoms with Crippen LogP contribution < -0.4 is 9.47 Å². The molecular formula is C20H20O5. The lowest BCUT2D eigenvalue weighted by Crippen LogP contribution is -2.16. The van der Waals surface area contributed by atoms with Gasteiger partial charge in [0, 0.05) is 5.56 Å². The van der Waals surface area contributed by atoms with Crippen molar-refractivity contribution in [1.82, 2.24) is 0 Å². The van der Waals surface area contributed by atoms with Crippen molar-refractivity contribution in [3.8, 4) is 11.5 Å². The van der Waals surface area contributed by atoms with E-state index in [0.29, 0.717) is 22.6 Å². The molecule has 0 heterocycles. The molecule has 25 heavy (non-hydrogen) atoms. The van der Waals surface area contributed by atoms with E-state index >= 15 is 0 Å². The number of carbonyl (C=O) groups excluding carboxylic acids is 2. The summed E-state index contributed by atoms with van der Waals surface area (Å²) >= 11 is 0. The number of carbonyl (C=O) groups is 2. The highest BCUT2D eigenvalue weighted by atomic mass is 16.5. The summed E-state index contributed by atoms with van der Waals surface area (Å²) in [5.74, 6) is 0.0123. The molecule has 5 heteroatoms. The molecule has 0 aromatic heterocycles. The Morgan fingerprint density at radius 3 is 2.24 bits per heavy atom. The predicted molar refractivity (Wildman–Crippen MR) is 94.9 cm³/mol. The fourth-order valence-electron chi connectivity index (χ4n) is 2.28. The minimum absolute atomic E-state index is 0.0414. The summed E-state index contributed by atoms with van der Waals surface area (Å²) in [4.78, 5) is 25.0. The first-order valence-corrected chi connectivity index (χ1v) is 7.81. The Labute approximate surface area is 146 Å². The molecule has 0 saturated heterocycles. The van der Waals surface area contributed by atoms with Crippen molar-refractivity contribution in [2.24, 2.45) is 0 Å². The van der Waals surface area contributed by atoms with Crippen molar-refractivity contribution >= 4 is 17.8 Å². The van der Waals surface area contributed by atoms with Crippen LogP contribution in [0.15, 0.2) is 54.1 Å². The van der Waals surface area contributed by atoms with E-state index in [-0.39, 0.29) is 12.2 Å². The van der Waals surface area contributed by atoms with E-state index in [4.69, 9.17) is 14.2 Å². The zero-order valence-electron chi connectivity index (χ0n) is 14.4. The van der Waals surface area contributed by atoms with Crippen LogP contribution in [-0.4, -0.2) is 32.6 Å². The van der Waals surface area contributed by atoms with Gasteiger partial charge in [-0.2, -0.15) is 0 Å². The highest BCUT2D eigenvalue weighted by molar-refractivity contribution is 6.26. The molecule has 130 valence electrons. The summed E-state index contributed by atoms with van der Waals surface area (Å²) in [7, 11) is 3.06. The van der Waals surface area contributed by atoms with Gasteiger partial charge in [-0.05, 0) is 30.7 Å². The standard InChI is InChI=1S/C20H20O5/c1-4-25-20(22)16(19(21)15-8-6-5-7-9-15)12-14-10-11-17(23-2)18(13-14)24-3/h5-13H,4H2,1-3H3. The number of benzene rings is 2. The zero-order chi connectivity index (χ0) is 18.2. The zero-order valence-corrected chi connectivity index (χ0v) is 14.4. The fraction of sp³-hybridized carbons (Fsp3) is 0.200. The Hall–Kier alpha value is -3.08. The van der Waals surface area contributed by atoms with Crippen LogP contribution >= 0.6 is 0 Å². The van der Waals surface area contributed by atoms with Crippen molar-refractivity contribution in [2.45, 2.75) is 6.92 Å². The van der Waals surface area contributed by atoms with Crippen LogP contribution in [-0.2, 0) is 9.53 Å². The van der Waals surface area contributed by atoms with E-state index in [1.54, 1.807) is 55.5 Å². The molecule has 0 N–H and O–H groups in total. The van der Waals surface area contributed by atoms with Gasteiger partial charge in [0.25, 0.3) is 0 Å². The third-order valence-corrected chi connectivity index (χ3v) is 3.49. The molecule has 0 aliphatic rings. The molecule has 0 fully saturated rings. The summed E-state index contributed by atoms with van der Waals surface area (Å²) in [6, 6.07) is 13.7. The average molecular weight is 340 g/mol. The van der Waals surface area contributed by atoms with Gasteiger partial charge in [0.05, 0.1) is 20.8 Å². The first kappa shape index (κ1) is 18.3. The number of hydrogen-bond donors (Lipinski definition) is 0. The molecule has 2 rings (SSSR count). The molecule has 0 aliphatic heterocycles. The number of Topliss-reactive ketones (excluding diaryl/α,β-unsaturated/α-hetero) is 1. The Balaban J connectivity index is 2.46. The van der Waals surface area contributed by atoms with Gasteiger partial charge < -0.3 is 14.2 Å². The van der Waals surface area contributed by atoms with Gasteiger partial charge in [-0.3, -0.25) is 4.79 Å². The Bertz CT molecular complexity index is 778. The van der Waals surface area contributed by atoms with Gasteiger partial charge in [0.15, 0.2) is 17.3 Å². The lowest BCUT2D eigenvalue weighted by atomic mass is 10.0. The molecule has 0 radical (unpaired) electrons. The lowest BCUT2D eigenvalue weighted by Gasteiger charge is -2.09. The smallest absolute Gasteiger partial charge is 0.342 e. The van der Waals surface area contributed by atoms with Crippen molar-refractivity contribution in [1.29, 1.82) is 0 Å². The molecular weight excluding hydrogens is 320 g/mol. The molecule has 0 spiro atoms. The Morgan fingerprint density at radius 1 is 0.960 bits per heavy atom. The molecule has 2 aromatic carbocycles. The van der Waals surface area contributed by atoms with Crippen molar-refractivity contribution in [3.05, 3.63) is 65.2 Å². The van der Waals surface area contributed by atoms with Crippen molar-refractivity contribution in [3.63, 3.8) is 0 Å². The number of ether oxygens (including phenoxy) is 3. The lowest BCUT2D eigenvalue weighted by molar-refractivity contribution is -0.137. The number of hydrogen-bond acceptors (Lipinski definition) is 5. The predicted octanol–water partition coefficient (Wildman–Crippen LogP) is 3.53. The third-order valence-electron chi connectivity index (χ3n) is 3.49. The van der Waals surface area contributed by atoms with Crippen molar-refractivity contribution < 1.29 is 23.8 Å². The molecule has 0 amide bonds. The SMILES string of the molecule is CCOC(=O)C(=Cc1ccc(OC)c(OC)c1)C(=O)c1ccccc1. The first-order valence-electron chi connectivity index (χ1n) is 7.81. The maximum absolute atomic E-state index is 12.7. The topological polar surface area (TPSA) is 61.8 Å². The number of esters is 1. The summed E-state index contributed by atoms with van der Waals surface area (Å²) in [5, 5.41) is 0. The van der Waals surface area contributed by atoms with E-state index in [9.17, 15) is 9.59 Å². The minimum atomic E-state index is -0.661. The van der Waals surface area contributed by atoms with E-state index in [2.05, 4.69) is 0 Å². The molecule has 2 aromatic rings. The van der Waals surface area contributed by atoms with Gasteiger partial charge >= 0.3 is 5.97 Å². The second-order valence-corrected chi connectivity index (χ2v) is 5.09. The summed E-state index contributed by atoms with van der Waals surface area (Å²) in [5.41, 5.74) is 1.01. The van der Waals surface area contributed by atoms with Gasteiger partial charge in [0.1, 0.15) is 5.57 Å². The van der Waals surface area contributed by atoms with Gasteiger partial charge in [-0.1, -0.05) is 36.4 Å². The Morgan fingerprint density at radius 2 is 1.64 bits per heavy atom. The number of methoxy groups -OCH3 is 2. The minimum Gasteiger partial charge on any atom is -0.493 e. The quantitative estimate of drug-likeness (QED) is 0.254. The van der Waals surface area contributed by atoms with E-state index < -0.39 is 11.8 Å². The fourth-order valence-corrected chi connectivity index (χ4v) is 2.28. The second-order valence-electron chi connectivity index (χ2n) is 5.09. The molecule has 0 saturated carbocycles. The Kier molecular flexibility index (Phi) is 6.34. The normalized spacial score (nSPS) is 10.9. The highest BCUT2D eigenvalue weighted by Crippen LogP contribution is 2.28. The molecule has 0 atom stereocenters. The van der Waals surface area contributed by atoms with Gasteiger partial charge in [-0.25, -0.2) is 4.79 Å². The summed E-state index contributed by atoms with van der Waals surface area (Å²) in [6.07, 6.45) is 1.50. The summed E-state index contributed by atoms with van der Waals surface area (Å²) < 4.78 is 15.5. The van der Waals surface area contributed by atoms with Crippen LogP contribution in [0, 0.1) is 0 Å². The van der Waals surface area contributed by atoms with E-state index in [1.165, 1.54) is 20.3 Å². The molecule has 0 unspecified atom stereocenters.